The molecule has 0 saturated carbocycles. The Morgan fingerprint density at radius 3 is 2.06 bits per heavy atom. The van der Waals surface area contributed by atoms with E-state index >= 15 is 0 Å². The third-order valence-electron chi connectivity index (χ3n) is 3.95. The number of ether oxygens (including phenoxy) is 1. The number of aliphatic hydroxyl groups excluding tert-OH is 1. The number of aliphatic hydroxyl groups is 1. The average Bonchev–Trinajstić information content (AvgIpc) is 2.56. The predicted molar refractivity (Wildman–Crippen MR) is 71.8 cm³/mol. The second-order valence-corrected chi connectivity index (χ2v) is 12.2. The highest BCUT2D eigenvalue weighted by Gasteiger charge is 2.63. The fraction of sp³-hybridized carbons (Fsp3) is 1.00. The van der Waals surface area contributed by atoms with Gasteiger partial charge in [0.2, 0.25) is 0 Å². The molecule has 2 heterocycles. The molecule has 3 atom stereocenters. The first-order valence-corrected chi connectivity index (χ1v) is 8.51. The van der Waals surface area contributed by atoms with Gasteiger partial charge >= 0.3 is 8.56 Å². The molecular weight excluding hydrogens is 248 g/mol. The zero-order valence-corrected chi connectivity index (χ0v) is 13.3. The van der Waals surface area contributed by atoms with E-state index in [1.54, 1.807) is 0 Å². The van der Waals surface area contributed by atoms with E-state index in [0.29, 0.717) is 13.2 Å². The average molecular weight is 274 g/mol. The van der Waals surface area contributed by atoms with Gasteiger partial charge in [-0.15, -0.1) is 0 Å². The van der Waals surface area contributed by atoms with Crippen LogP contribution in [0.2, 0.25) is 10.1 Å². The van der Waals surface area contributed by atoms with Gasteiger partial charge in [-0.2, -0.15) is 0 Å². The second kappa shape index (κ2) is 4.28. The Bertz CT molecular complexity index is 304. The zero-order valence-electron chi connectivity index (χ0n) is 12.3. The molecule has 0 aliphatic carbocycles. The Kier molecular flexibility index (Phi) is 3.44. The molecule has 106 valence electrons. The molecule has 2 fully saturated rings. The minimum Gasteiger partial charge on any atom is -0.391 e. The van der Waals surface area contributed by atoms with Crippen LogP contribution in [-0.2, 0) is 13.6 Å². The van der Waals surface area contributed by atoms with Crippen LogP contribution in [0.5, 0.6) is 0 Å². The fourth-order valence-electron chi connectivity index (χ4n) is 3.29. The maximum absolute atomic E-state index is 10.0. The summed E-state index contributed by atoms with van der Waals surface area (Å²) in [6, 6.07) is 0. The van der Waals surface area contributed by atoms with E-state index < -0.39 is 14.7 Å². The Hall–Kier alpha value is 0.0569. The van der Waals surface area contributed by atoms with Gasteiger partial charge in [-0.05, 0) is 0 Å². The van der Waals surface area contributed by atoms with Crippen molar-refractivity contribution >= 4 is 8.56 Å². The summed E-state index contributed by atoms with van der Waals surface area (Å²) >= 11 is 0. The van der Waals surface area contributed by atoms with Crippen molar-refractivity contribution in [3.63, 3.8) is 0 Å². The van der Waals surface area contributed by atoms with Crippen molar-refractivity contribution in [2.45, 2.75) is 69.9 Å². The summed E-state index contributed by atoms with van der Waals surface area (Å²) in [6.07, 6.45) is -0.843. The number of fused-ring (bicyclic) bond motifs is 1. The van der Waals surface area contributed by atoms with E-state index in [4.69, 9.17) is 13.6 Å². The lowest BCUT2D eigenvalue weighted by Gasteiger charge is -2.53. The lowest BCUT2D eigenvalue weighted by molar-refractivity contribution is -0.0672. The van der Waals surface area contributed by atoms with E-state index in [1.165, 1.54) is 0 Å². The largest absolute Gasteiger partial charge is 0.391 e. The first-order chi connectivity index (χ1) is 8.08. The van der Waals surface area contributed by atoms with Crippen LogP contribution in [0.15, 0.2) is 0 Å². The highest BCUT2D eigenvalue weighted by molar-refractivity contribution is 6.73. The highest BCUT2D eigenvalue weighted by atomic mass is 28.4. The smallest absolute Gasteiger partial charge is 0.349 e. The molecule has 0 amide bonds. The molecule has 1 N–H and O–H groups in total. The molecule has 2 rings (SSSR count). The predicted octanol–water partition coefficient (Wildman–Crippen LogP) is 2.20. The lowest BCUT2D eigenvalue weighted by atomic mass is 10.2. The molecule has 0 aromatic heterocycles. The zero-order chi connectivity index (χ0) is 13.8. The molecule has 2 aliphatic rings. The van der Waals surface area contributed by atoms with Crippen LogP contribution in [0.25, 0.3) is 0 Å². The van der Waals surface area contributed by atoms with Crippen LogP contribution >= 0.6 is 0 Å². The van der Waals surface area contributed by atoms with Gasteiger partial charge in [0.15, 0.2) is 0 Å². The third kappa shape index (κ3) is 2.06. The highest BCUT2D eigenvalue weighted by Crippen LogP contribution is 2.54. The van der Waals surface area contributed by atoms with Crippen molar-refractivity contribution in [2.75, 3.05) is 13.2 Å². The molecule has 0 radical (unpaired) electrons. The summed E-state index contributed by atoms with van der Waals surface area (Å²) in [6.45, 7) is 13.9. The van der Waals surface area contributed by atoms with Gasteiger partial charge in [0.05, 0.1) is 13.2 Å². The van der Waals surface area contributed by atoms with Crippen LogP contribution in [0, 0.1) is 0 Å². The molecule has 2 aliphatic heterocycles. The van der Waals surface area contributed by atoms with Crippen molar-refractivity contribution in [2.24, 2.45) is 0 Å². The molecule has 2 saturated heterocycles. The molecule has 18 heavy (non-hydrogen) atoms. The minimum absolute atomic E-state index is 0.0431. The topological polar surface area (TPSA) is 47.9 Å². The van der Waals surface area contributed by atoms with Gasteiger partial charge in [0.1, 0.15) is 18.3 Å². The van der Waals surface area contributed by atoms with E-state index in [9.17, 15) is 5.11 Å². The van der Waals surface area contributed by atoms with Gasteiger partial charge < -0.3 is 18.7 Å². The Morgan fingerprint density at radius 2 is 1.56 bits per heavy atom. The summed E-state index contributed by atoms with van der Waals surface area (Å²) in [5, 5.41) is 9.92. The fourth-order valence-corrected chi connectivity index (χ4v) is 8.28. The monoisotopic (exact) mass is 274 g/mol. The van der Waals surface area contributed by atoms with Crippen LogP contribution < -0.4 is 0 Å². The quantitative estimate of drug-likeness (QED) is 0.688. The molecule has 0 spiro atoms. The van der Waals surface area contributed by atoms with Crippen molar-refractivity contribution in [3.05, 3.63) is 0 Å². The van der Waals surface area contributed by atoms with Crippen LogP contribution in [0.1, 0.15) is 41.5 Å². The summed E-state index contributed by atoms with van der Waals surface area (Å²) in [4.78, 5) is 0. The van der Waals surface area contributed by atoms with Gasteiger partial charge in [-0.25, -0.2) is 0 Å². The summed E-state index contributed by atoms with van der Waals surface area (Å²) in [5.74, 6) is 0. The molecular formula is C13H26O4Si. The minimum atomic E-state index is -2.45. The van der Waals surface area contributed by atoms with E-state index in [1.807, 2.05) is 0 Å². The van der Waals surface area contributed by atoms with Crippen molar-refractivity contribution in [1.29, 1.82) is 0 Å². The Balaban J connectivity index is 2.33. The van der Waals surface area contributed by atoms with Gasteiger partial charge in [-0.1, -0.05) is 41.5 Å². The maximum atomic E-state index is 10.0. The summed E-state index contributed by atoms with van der Waals surface area (Å²) < 4.78 is 18.1. The van der Waals surface area contributed by atoms with Crippen LogP contribution in [-0.4, -0.2) is 45.2 Å². The Morgan fingerprint density at radius 1 is 1.00 bits per heavy atom. The van der Waals surface area contributed by atoms with Crippen molar-refractivity contribution < 1.29 is 18.7 Å². The second-order valence-electron chi connectivity index (χ2n) is 7.45. The van der Waals surface area contributed by atoms with Gasteiger partial charge in [0.25, 0.3) is 0 Å². The molecule has 4 nitrogen and oxygen atoms in total. The maximum Gasteiger partial charge on any atom is 0.349 e. The molecule has 0 aromatic carbocycles. The first kappa shape index (κ1) is 14.5. The molecule has 0 bridgehead atoms. The van der Waals surface area contributed by atoms with Gasteiger partial charge in [0, 0.05) is 10.1 Å². The van der Waals surface area contributed by atoms with Crippen LogP contribution in [0.4, 0.5) is 0 Å². The summed E-state index contributed by atoms with van der Waals surface area (Å²) in [7, 11) is -2.45. The number of hydrogen-bond donors (Lipinski definition) is 1. The first-order valence-electron chi connectivity index (χ1n) is 6.70. The van der Waals surface area contributed by atoms with Crippen molar-refractivity contribution in [3.8, 4) is 0 Å². The SMILES string of the molecule is CC(C)(C)[Si]1(C(C)(C)C)OC[C@H]2OC[C@H](O)[C@@H]2O1. The summed E-state index contributed by atoms with van der Waals surface area (Å²) in [5.41, 5.74) is 0. The molecule has 0 aromatic rings. The standard InChI is InChI=1S/C13H26O4Si/c1-12(2,3)18(13(4,5)6)16-8-10-11(17-18)9(14)7-15-10/h9-11,14H,7-8H2,1-6H3/t9-,10+,11-/m0/s1. The Labute approximate surface area is 111 Å². The van der Waals surface area contributed by atoms with Crippen molar-refractivity contribution in [1.82, 2.24) is 0 Å². The molecule has 5 heteroatoms. The van der Waals surface area contributed by atoms with E-state index in [0.717, 1.165) is 0 Å². The van der Waals surface area contributed by atoms with Crippen LogP contribution in [0.3, 0.4) is 0 Å². The lowest BCUT2D eigenvalue weighted by Crippen LogP contribution is -2.65. The number of rotatable bonds is 0. The molecule has 0 unspecified atom stereocenters. The third-order valence-corrected chi connectivity index (χ3v) is 9.08. The van der Waals surface area contributed by atoms with Gasteiger partial charge in [-0.3, -0.25) is 0 Å². The van der Waals surface area contributed by atoms with E-state index in [-0.39, 0.29) is 22.3 Å². The number of hydrogen-bond acceptors (Lipinski definition) is 4. The van der Waals surface area contributed by atoms with E-state index in [2.05, 4.69) is 41.5 Å². The normalized spacial score (nSPS) is 36.5.